The number of rotatable bonds is 3. The van der Waals surface area contributed by atoms with Crippen molar-refractivity contribution >= 4 is 5.96 Å². The van der Waals surface area contributed by atoms with Crippen LogP contribution in [0.1, 0.15) is 44.9 Å². The van der Waals surface area contributed by atoms with Crippen LogP contribution < -0.4 is 10.6 Å². The maximum atomic E-state index is 4.37. The summed E-state index contributed by atoms with van der Waals surface area (Å²) in [5.41, 5.74) is 0. The van der Waals surface area contributed by atoms with Gasteiger partial charge in [-0.25, -0.2) is 0 Å². The zero-order valence-electron chi connectivity index (χ0n) is 12.6. The highest BCUT2D eigenvalue weighted by Gasteiger charge is 2.18. The van der Waals surface area contributed by atoms with Gasteiger partial charge in [-0.15, -0.1) is 0 Å². The van der Waals surface area contributed by atoms with E-state index >= 15 is 0 Å². The second-order valence-electron chi connectivity index (χ2n) is 6.20. The van der Waals surface area contributed by atoms with E-state index in [9.17, 15) is 0 Å². The van der Waals surface area contributed by atoms with Gasteiger partial charge in [-0.3, -0.25) is 4.99 Å². The second kappa shape index (κ2) is 7.73. The van der Waals surface area contributed by atoms with E-state index in [1.165, 1.54) is 58.0 Å². The maximum Gasteiger partial charge on any atom is 0.191 e. The van der Waals surface area contributed by atoms with Gasteiger partial charge in [-0.2, -0.15) is 0 Å². The molecule has 0 aromatic carbocycles. The predicted octanol–water partition coefficient (Wildman–Crippen LogP) is 1.83. The first-order valence-electron chi connectivity index (χ1n) is 7.93. The molecule has 1 saturated carbocycles. The lowest BCUT2D eigenvalue weighted by atomic mass is 9.95. The highest BCUT2D eigenvalue weighted by Crippen LogP contribution is 2.17. The number of nitrogens with zero attached hydrogens (tertiary/aromatic N) is 2. The first kappa shape index (κ1) is 14.6. The summed E-state index contributed by atoms with van der Waals surface area (Å²) in [5.74, 6) is 1.77. The number of hydrogen-bond donors (Lipinski definition) is 2. The second-order valence-corrected chi connectivity index (χ2v) is 6.20. The zero-order valence-corrected chi connectivity index (χ0v) is 12.6. The van der Waals surface area contributed by atoms with Crippen LogP contribution in [0, 0.1) is 5.92 Å². The standard InChI is InChI=1S/C15H30N4/c1-16-15(18-14-8-4-3-5-9-14)17-11-13-7-6-10-19(2)12-13/h13-14H,3-12H2,1-2H3,(H2,16,17,18). The Labute approximate surface area is 118 Å². The van der Waals surface area contributed by atoms with Crippen molar-refractivity contribution in [3.05, 3.63) is 0 Å². The van der Waals surface area contributed by atoms with Crippen molar-refractivity contribution < 1.29 is 0 Å². The molecule has 2 rings (SSSR count). The van der Waals surface area contributed by atoms with Crippen molar-refractivity contribution in [1.29, 1.82) is 0 Å². The molecule has 0 aromatic rings. The van der Waals surface area contributed by atoms with Gasteiger partial charge in [0.05, 0.1) is 0 Å². The van der Waals surface area contributed by atoms with Crippen LogP contribution in [0.2, 0.25) is 0 Å². The number of nitrogens with one attached hydrogen (secondary N) is 2. The third-order valence-electron chi connectivity index (χ3n) is 4.45. The van der Waals surface area contributed by atoms with E-state index in [0.29, 0.717) is 6.04 Å². The normalized spacial score (nSPS) is 27.3. The summed E-state index contributed by atoms with van der Waals surface area (Å²) in [7, 11) is 4.10. The molecule has 0 bridgehead atoms. The number of aliphatic imine (C=N–C) groups is 1. The van der Waals surface area contributed by atoms with Crippen molar-refractivity contribution in [2.75, 3.05) is 33.7 Å². The van der Waals surface area contributed by atoms with Gasteiger partial charge in [-0.05, 0) is 45.2 Å². The number of hydrogen-bond acceptors (Lipinski definition) is 2. The predicted molar refractivity (Wildman–Crippen MR) is 81.6 cm³/mol. The van der Waals surface area contributed by atoms with Crippen molar-refractivity contribution in [2.45, 2.75) is 51.0 Å². The molecule has 2 N–H and O–H groups in total. The van der Waals surface area contributed by atoms with Crippen LogP contribution in [-0.4, -0.2) is 50.6 Å². The topological polar surface area (TPSA) is 39.7 Å². The van der Waals surface area contributed by atoms with Gasteiger partial charge in [0.2, 0.25) is 0 Å². The minimum Gasteiger partial charge on any atom is -0.356 e. The fourth-order valence-electron chi connectivity index (χ4n) is 3.32. The van der Waals surface area contributed by atoms with Gasteiger partial charge in [0.1, 0.15) is 0 Å². The Kier molecular flexibility index (Phi) is 5.95. The molecule has 4 nitrogen and oxygen atoms in total. The van der Waals surface area contributed by atoms with Crippen LogP contribution in [-0.2, 0) is 0 Å². The Morgan fingerprint density at radius 2 is 1.95 bits per heavy atom. The van der Waals surface area contributed by atoms with Crippen LogP contribution in [0.4, 0.5) is 0 Å². The highest BCUT2D eigenvalue weighted by molar-refractivity contribution is 5.79. The quantitative estimate of drug-likeness (QED) is 0.605. The van der Waals surface area contributed by atoms with E-state index in [1.54, 1.807) is 0 Å². The van der Waals surface area contributed by atoms with Gasteiger partial charge in [0.25, 0.3) is 0 Å². The Balaban J connectivity index is 1.70. The van der Waals surface area contributed by atoms with Crippen LogP contribution in [0.25, 0.3) is 0 Å². The minimum atomic E-state index is 0.633. The largest absolute Gasteiger partial charge is 0.356 e. The maximum absolute atomic E-state index is 4.37. The Morgan fingerprint density at radius 3 is 2.63 bits per heavy atom. The Hall–Kier alpha value is -0.770. The molecule has 0 aromatic heterocycles. The Morgan fingerprint density at radius 1 is 1.16 bits per heavy atom. The summed E-state index contributed by atoms with van der Waals surface area (Å²) in [6.07, 6.45) is 9.40. The molecule has 19 heavy (non-hydrogen) atoms. The van der Waals surface area contributed by atoms with Gasteiger partial charge in [-0.1, -0.05) is 19.3 Å². The van der Waals surface area contributed by atoms with E-state index in [4.69, 9.17) is 0 Å². The molecule has 2 aliphatic rings. The van der Waals surface area contributed by atoms with Gasteiger partial charge >= 0.3 is 0 Å². The van der Waals surface area contributed by atoms with Crippen molar-refractivity contribution in [2.24, 2.45) is 10.9 Å². The number of likely N-dealkylation sites (tertiary alicyclic amines) is 1. The molecular weight excluding hydrogens is 236 g/mol. The summed E-state index contributed by atoms with van der Waals surface area (Å²) in [6.45, 7) is 3.52. The number of piperidine rings is 1. The lowest BCUT2D eigenvalue weighted by Crippen LogP contribution is -2.47. The third kappa shape index (κ3) is 5.01. The average Bonchev–Trinajstić information content (AvgIpc) is 2.44. The van der Waals surface area contributed by atoms with E-state index in [-0.39, 0.29) is 0 Å². The van der Waals surface area contributed by atoms with E-state index in [1.807, 2.05) is 7.05 Å². The summed E-state index contributed by atoms with van der Waals surface area (Å²) < 4.78 is 0. The fourth-order valence-corrected chi connectivity index (χ4v) is 3.32. The SMILES string of the molecule is CN=C(NCC1CCCN(C)C1)NC1CCCCC1. The summed E-state index contributed by atoms with van der Waals surface area (Å²) in [4.78, 5) is 6.80. The molecule has 1 atom stereocenters. The van der Waals surface area contributed by atoms with E-state index in [0.717, 1.165) is 18.4 Å². The number of guanidine groups is 1. The molecule has 0 spiro atoms. The molecule has 110 valence electrons. The lowest BCUT2D eigenvalue weighted by molar-refractivity contribution is 0.210. The fraction of sp³-hybridized carbons (Fsp3) is 0.933. The zero-order chi connectivity index (χ0) is 13.5. The highest BCUT2D eigenvalue weighted by atomic mass is 15.2. The van der Waals surface area contributed by atoms with Crippen LogP contribution in [0.3, 0.4) is 0 Å². The first-order valence-corrected chi connectivity index (χ1v) is 7.93. The molecule has 4 heteroatoms. The third-order valence-corrected chi connectivity index (χ3v) is 4.45. The summed E-state index contributed by atoms with van der Waals surface area (Å²) in [6, 6.07) is 0.633. The van der Waals surface area contributed by atoms with E-state index < -0.39 is 0 Å². The molecule has 1 unspecified atom stereocenters. The molecule has 1 aliphatic carbocycles. The van der Waals surface area contributed by atoms with Crippen molar-refractivity contribution in [3.8, 4) is 0 Å². The Bertz CT molecular complexity index is 284. The molecule has 0 amide bonds. The van der Waals surface area contributed by atoms with Crippen molar-refractivity contribution in [3.63, 3.8) is 0 Å². The van der Waals surface area contributed by atoms with Crippen molar-refractivity contribution in [1.82, 2.24) is 15.5 Å². The molecule has 2 fully saturated rings. The molecular formula is C15H30N4. The summed E-state index contributed by atoms with van der Waals surface area (Å²) >= 11 is 0. The monoisotopic (exact) mass is 266 g/mol. The molecule has 0 radical (unpaired) electrons. The molecule has 1 saturated heterocycles. The minimum absolute atomic E-state index is 0.633. The van der Waals surface area contributed by atoms with Gasteiger partial charge in [0.15, 0.2) is 5.96 Å². The van der Waals surface area contributed by atoms with Gasteiger partial charge in [0, 0.05) is 26.2 Å². The lowest BCUT2D eigenvalue weighted by Gasteiger charge is -2.31. The van der Waals surface area contributed by atoms with Crippen LogP contribution >= 0.6 is 0 Å². The van der Waals surface area contributed by atoms with E-state index in [2.05, 4.69) is 27.6 Å². The average molecular weight is 266 g/mol. The van der Waals surface area contributed by atoms with Crippen LogP contribution in [0.5, 0.6) is 0 Å². The molecule has 1 heterocycles. The smallest absolute Gasteiger partial charge is 0.191 e. The van der Waals surface area contributed by atoms with Crippen LogP contribution in [0.15, 0.2) is 4.99 Å². The summed E-state index contributed by atoms with van der Waals surface area (Å²) in [5, 5.41) is 7.10. The molecule has 1 aliphatic heterocycles. The van der Waals surface area contributed by atoms with Gasteiger partial charge < -0.3 is 15.5 Å². The first-order chi connectivity index (χ1) is 9.28.